The van der Waals surface area contributed by atoms with Crippen molar-refractivity contribution < 1.29 is 4.74 Å². The molecule has 2 heteroatoms. The summed E-state index contributed by atoms with van der Waals surface area (Å²) in [4.78, 5) is 0. The van der Waals surface area contributed by atoms with Gasteiger partial charge in [0.15, 0.2) is 0 Å². The van der Waals surface area contributed by atoms with E-state index < -0.39 is 0 Å². The van der Waals surface area contributed by atoms with E-state index >= 15 is 0 Å². The summed E-state index contributed by atoms with van der Waals surface area (Å²) in [7, 11) is 0. The third-order valence-electron chi connectivity index (χ3n) is 2.72. The first kappa shape index (κ1) is 10.5. The van der Waals surface area contributed by atoms with Crippen LogP contribution in [0.3, 0.4) is 0 Å². The van der Waals surface area contributed by atoms with E-state index in [0.717, 1.165) is 12.2 Å². The van der Waals surface area contributed by atoms with Crippen LogP contribution < -0.4 is 10.1 Å². The minimum Gasteiger partial charge on any atom is -0.490 e. The zero-order valence-corrected chi connectivity index (χ0v) is 9.66. The second-order valence-corrected chi connectivity index (χ2v) is 4.58. The molecule has 15 heavy (non-hydrogen) atoms. The summed E-state index contributed by atoms with van der Waals surface area (Å²) in [6, 6.07) is 9.26. The zero-order valence-electron chi connectivity index (χ0n) is 9.66. The van der Waals surface area contributed by atoms with E-state index in [0.29, 0.717) is 18.2 Å². The fourth-order valence-electron chi connectivity index (χ4n) is 2.16. The van der Waals surface area contributed by atoms with Crippen LogP contribution in [0.15, 0.2) is 24.3 Å². The smallest absolute Gasteiger partial charge is 0.124 e. The van der Waals surface area contributed by atoms with Crippen molar-refractivity contribution in [3.63, 3.8) is 0 Å². The lowest BCUT2D eigenvalue weighted by Crippen LogP contribution is -2.34. The molecule has 0 saturated carbocycles. The van der Waals surface area contributed by atoms with Crippen molar-refractivity contribution >= 4 is 0 Å². The lowest BCUT2D eigenvalue weighted by atomic mass is 9.96. The number of para-hydroxylation sites is 1. The molecule has 0 fully saturated rings. The van der Waals surface area contributed by atoms with Crippen molar-refractivity contribution in [2.45, 2.75) is 45.4 Å². The van der Waals surface area contributed by atoms with Crippen LogP contribution >= 0.6 is 0 Å². The summed E-state index contributed by atoms with van der Waals surface area (Å²) in [6.07, 6.45) is 1.35. The standard InChI is InChI=1S/C13H19NO/c1-9(2)14-12-8-10(3)15-13-7-5-4-6-11(12)13/h4-7,9-10,12,14H,8H2,1-3H3. The van der Waals surface area contributed by atoms with Gasteiger partial charge in [-0.25, -0.2) is 0 Å². The normalized spacial score (nSPS) is 24.8. The highest BCUT2D eigenvalue weighted by molar-refractivity contribution is 5.37. The van der Waals surface area contributed by atoms with Gasteiger partial charge in [0, 0.05) is 24.1 Å². The number of benzene rings is 1. The van der Waals surface area contributed by atoms with Gasteiger partial charge in [-0.1, -0.05) is 32.0 Å². The van der Waals surface area contributed by atoms with E-state index in [4.69, 9.17) is 4.74 Å². The third-order valence-corrected chi connectivity index (χ3v) is 2.72. The Morgan fingerprint density at radius 1 is 1.33 bits per heavy atom. The highest BCUT2D eigenvalue weighted by Gasteiger charge is 2.25. The molecule has 0 aliphatic carbocycles. The number of nitrogens with one attached hydrogen (secondary N) is 1. The molecule has 0 saturated heterocycles. The van der Waals surface area contributed by atoms with Gasteiger partial charge in [0.1, 0.15) is 5.75 Å². The maximum absolute atomic E-state index is 5.80. The number of ether oxygens (including phenoxy) is 1. The highest BCUT2D eigenvalue weighted by atomic mass is 16.5. The van der Waals surface area contributed by atoms with Gasteiger partial charge < -0.3 is 10.1 Å². The van der Waals surface area contributed by atoms with E-state index in [1.165, 1.54) is 5.56 Å². The second-order valence-electron chi connectivity index (χ2n) is 4.58. The first-order valence-electron chi connectivity index (χ1n) is 5.68. The first-order chi connectivity index (χ1) is 7.16. The average Bonchev–Trinajstić information content (AvgIpc) is 2.16. The van der Waals surface area contributed by atoms with Crippen LogP contribution in [0.5, 0.6) is 5.75 Å². The molecule has 0 aromatic heterocycles. The maximum atomic E-state index is 5.80. The Labute approximate surface area is 91.6 Å². The minimum absolute atomic E-state index is 0.302. The lowest BCUT2D eigenvalue weighted by Gasteiger charge is -2.32. The summed E-state index contributed by atoms with van der Waals surface area (Å²) in [5, 5.41) is 3.59. The molecule has 0 amide bonds. The predicted octanol–water partition coefficient (Wildman–Crippen LogP) is 2.90. The van der Waals surface area contributed by atoms with E-state index in [-0.39, 0.29) is 0 Å². The van der Waals surface area contributed by atoms with Crippen LogP contribution in [-0.2, 0) is 0 Å². The van der Waals surface area contributed by atoms with Gasteiger partial charge in [0.25, 0.3) is 0 Å². The molecule has 1 aliphatic rings. The van der Waals surface area contributed by atoms with Crippen LogP contribution in [0.1, 0.15) is 38.8 Å². The molecule has 2 unspecified atom stereocenters. The molecule has 1 aromatic carbocycles. The van der Waals surface area contributed by atoms with Gasteiger partial charge in [-0.2, -0.15) is 0 Å². The van der Waals surface area contributed by atoms with Crippen molar-refractivity contribution in [1.29, 1.82) is 0 Å². The molecule has 0 radical (unpaired) electrons. The van der Waals surface area contributed by atoms with Crippen molar-refractivity contribution in [2.75, 3.05) is 0 Å². The molecule has 1 aromatic rings. The van der Waals surface area contributed by atoms with Gasteiger partial charge in [-0.15, -0.1) is 0 Å². The summed E-state index contributed by atoms with van der Waals surface area (Å²) in [5.74, 6) is 1.04. The van der Waals surface area contributed by atoms with Crippen molar-refractivity contribution in [3.8, 4) is 5.75 Å². The molecule has 2 atom stereocenters. The Hall–Kier alpha value is -1.02. The van der Waals surface area contributed by atoms with Crippen LogP contribution in [0.2, 0.25) is 0 Å². The van der Waals surface area contributed by atoms with E-state index in [2.05, 4.69) is 44.3 Å². The Morgan fingerprint density at radius 2 is 2.07 bits per heavy atom. The van der Waals surface area contributed by atoms with Gasteiger partial charge in [-0.3, -0.25) is 0 Å². The maximum Gasteiger partial charge on any atom is 0.124 e. The molecule has 0 bridgehead atoms. The average molecular weight is 205 g/mol. The summed E-state index contributed by atoms with van der Waals surface area (Å²) >= 11 is 0. The van der Waals surface area contributed by atoms with Gasteiger partial charge in [0.05, 0.1) is 6.10 Å². The van der Waals surface area contributed by atoms with Crippen LogP contribution in [-0.4, -0.2) is 12.1 Å². The number of rotatable bonds is 2. The molecular formula is C13H19NO. The third kappa shape index (κ3) is 2.32. The summed E-state index contributed by atoms with van der Waals surface area (Å²) in [6.45, 7) is 6.50. The van der Waals surface area contributed by atoms with Crippen LogP contribution in [0.4, 0.5) is 0 Å². The van der Waals surface area contributed by atoms with E-state index in [1.807, 2.05) is 6.07 Å². The number of fused-ring (bicyclic) bond motifs is 1. The van der Waals surface area contributed by atoms with Gasteiger partial charge >= 0.3 is 0 Å². The molecule has 2 rings (SSSR count). The monoisotopic (exact) mass is 205 g/mol. The van der Waals surface area contributed by atoms with E-state index in [1.54, 1.807) is 0 Å². The summed E-state index contributed by atoms with van der Waals surface area (Å²) in [5.41, 5.74) is 1.30. The molecule has 0 spiro atoms. The van der Waals surface area contributed by atoms with Crippen molar-refractivity contribution in [3.05, 3.63) is 29.8 Å². The lowest BCUT2D eigenvalue weighted by molar-refractivity contribution is 0.163. The van der Waals surface area contributed by atoms with E-state index in [9.17, 15) is 0 Å². The topological polar surface area (TPSA) is 21.3 Å². The van der Waals surface area contributed by atoms with Crippen LogP contribution in [0.25, 0.3) is 0 Å². The SMILES string of the molecule is CC(C)NC1CC(C)Oc2ccccc21. The van der Waals surface area contributed by atoms with Crippen molar-refractivity contribution in [2.24, 2.45) is 0 Å². The zero-order chi connectivity index (χ0) is 10.8. The number of hydrogen-bond acceptors (Lipinski definition) is 2. The molecule has 1 heterocycles. The molecular weight excluding hydrogens is 186 g/mol. The minimum atomic E-state index is 0.302. The van der Waals surface area contributed by atoms with Crippen molar-refractivity contribution in [1.82, 2.24) is 5.32 Å². The largest absolute Gasteiger partial charge is 0.490 e. The van der Waals surface area contributed by atoms with Gasteiger partial charge in [-0.05, 0) is 13.0 Å². The summed E-state index contributed by atoms with van der Waals surface area (Å²) < 4.78 is 5.80. The van der Waals surface area contributed by atoms with Crippen LogP contribution in [0, 0.1) is 0 Å². The molecule has 1 N–H and O–H groups in total. The van der Waals surface area contributed by atoms with Gasteiger partial charge in [0.2, 0.25) is 0 Å². The first-order valence-corrected chi connectivity index (χ1v) is 5.68. The second kappa shape index (κ2) is 4.23. The Morgan fingerprint density at radius 3 is 2.80 bits per heavy atom. The molecule has 82 valence electrons. The predicted molar refractivity (Wildman–Crippen MR) is 62.2 cm³/mol. The molecule has 2 nitrogen and oxygen atoms in total. The highest BCUT2D eigenvalue weighted by Crippen LogP contribution is 2.34. The fourth-order valence-corrected chi connectivity index (χ4v) is 2.16. The number of hydrogen-bond donors (Lipinski definition) is 1. The Balaban J connectivity index is 2.26. The Bertz CT molecular complexity index is 335. The molecule has 1 aliphatic heterocycles. The Kier molecular flexibility index (Phi) is 2.96. The fraction of sp³-hybridized carbons (Fsp3) is 0.538. The quantitative estimate of drug-likeness (QED) is 0.801.